The van der Waals surface area contributed by atoms with Crippen LogP contribution < -0.4 is 10.0 Å². The molecule has 0 saturated heterocycles. The Morgan fingerprint density at radius 1 is 0.929 bits per heavy atom. The molecule has 1 amide bonds. The summed E-state index contributed by atoms with van der Waals surface area (Å²) in [6.45, 7) is 3.92. The molecule has 0 aromatic heterocycles. The summed E-state index contributed by atoms with van der Waals surface area (Å²) in [5.74, 6) is -0.366. The second kappa shape index (κ2) is 8.27. The largest absolute Gasteiger partial charge is 0.322 e. The lowest BCUT2D eigenvalue weighted by Crippen LogP contribution is -2.16. The summed E-state index contributed by atoms with van der Waals surface area (Å²) in [5.41, 5.74) is 3.45. The minimum atomic E-state index is -3.81. The van der Waals surface area contributed by atoms with E-state index >= 15 is 0 Å². The minimum absolute atomic E-state index is 0.0370. The van der Waals surface area contributed by atoms with Gasteiger partial charge in [0.05, 0.1) is 10.6 Å². The highest BCUT2D eigenvalue weighted by Gasteiger charge is 2.17. The van der Waals surface area contributed by atoms with Gasteiger partial charge in [0.1, 0.15) is 0 Å². The van der Waals surface area contributed by atoms with Crippen molar-refractivity contribution in [1.29, 1.82) is 0 Å². The molecule has 0 heterocycles. The molecule has 3 aromatic carbocycles. The molecule has 0 radical (unpaired) electrons. The molecule has 0 aliphatic rings. The number of hydrogen-bond acceptors (Lipinski definition) is 3. The number of hydrogen-bond donors (Lipinski definition) is 2. The number of benzene rings is 3. The number of aryl methyl sites for hydroxylation is 2. The Morgan fingerprint density at radius 3 is 2.36 bits per heavy atom. The lowest BCUT2D eigenvalue weighted by atomic mass is 10.1. The zero-order valence-corrected chi connectivity index (χ0v) is 16.6. The first-order chi connectivity index (χ1) is 13.4. The molecule has 3 rings (SSSR count). The van der Waals surface area contributed by atoms with Gasteiger partial charge < -0.3 is 5.32 Å². The topological polar surface area (TPSA) is 75.3 Å². The highest BCUT2D eigenvalue weighted by atomic mass is 32.2. The Balaban J connectivity index is 1.83. The number of rotatable bonds is 6. The molecule has 0 aliphatic heterocycles. The monoisotopic (exact) mass is 394 g/mol. The van der Waals surface area contributed by atoms with E-state index in [2.05, 4.69) is 10.0 Å². The van der Waals surface area contributed by atoms with E-state index in [4.69, 9.17) is 0 Å². The summed E-state index contributed by atoms with van der Waals surface area (Å²) < 4.78 is 28.2. The average molecular weight is 394 g/mol. The zero-order chi connectivity index (χ0) is 20.1. The maximum absolute atomic E-state index is 12.8. The number of carbonyl (C=O) groups is 1. The average Bonchev–Trinajstić information content (AvgIpc) is 2.70. The molecule has 0 unspecified atom stereocenters. The van der Waals surface area contributed by atoms with Crippen molar-refractivity contribution < 1.29 is 13.2 Å². The number of para-hydroxylation sites is 1. The van der Waals surface area contributed by atoms with E-state index in [-0.39, 0.29) is 16.4 Å². The first-order valence-corrected chi connectivity index (χ1v) is 10.5. The van der Waals surface area contributed by atoms with Gasteiger partial charge >= 0.3 is 0 Å². The number of sulfonamides is 1. The van der Waals surface area contributed by atoms with Crippen molar-refractivity contribution in [3.8, 4) is 0 Å². The van der Waals surface area contributed by atoms with Gasteiger partial charge in [-0.25, -0.2) is 8.42 Å². The molecule has 0 spiro atoms. The van der Waals surface area contributed by atoms with Gasteiger partial charge in [0.15, 0.2) is 0 Å². The second-order valence-electron chi connectivity index (χ2n) is 6.46. The van der Waals surface area contributed by atoms with Gasteiger partial charge in [-0.15, -0.1) is 0 Å². The minimum Gasteiger partial charge on any atom is -0.322 e. The Kier molecular flexibility index (Phi) is 5.80. The molecule has 0 aliphatic carbocycles. The molecule has 0 atom stereocenters. The van der Waals surface area contributed by atoms with E-state index in [1.807, 2.05) is 38.1 Å². The Bertz CT molecular complexity index is 1090. The van der Waals surface area contributed by atoms with Gasteiger partial charge in [-0.05, 0) is 55.3 Å². The van der Waals surface area contributed by atoms with Gasteiger partial charge in [-0.1, -0.05) is 48.9 Å². The van der Waals surface area contributed by atoms with E-state index < -0.39 is 10.0 Å². The summed E-state index contributed by atoms with van der Waals surface area (Å²) in [5, 5.41) is 2.78. The highest BCUT2D eigenvalue weighted by Crippen LogP contribution is 2.21. The first kappa shape index (κ1) is 19.6. The molecule has 144 valence electrons. The van der Waals surface area contributed by atoms with Crippen LogP contribution in [0.3, 0.4) is 0 Å². The molecule has 0 fully saturated rings. The number of carbonyl (C=O) groups excluding carboxylic acids is 1. The van der Waals surface area contributed by atoms with Crippen molar-refractivity contribution in [3.63, 3.8) is 0 Å². The fourth-order valence-corrected chi connectivity index (χ4v) is 3.92. The van der Waals surface area contributed by atoms with E-state index in [9.17, 15) is 13.2 Å². The number of amides is 1. The van der Waals surface area contributed by atoms with E-state index in [0.29, 0.717) is 17.8 Å². The quantitative estimate of drug-likeness (QED) is 0.641. The maximum atomic E-state index is 12.8. The first-order valence-electron chi connectivity index (χ1n) is 8.98. The Labute approximate surface area is 165 Å². The van der Waals surface area contributed by atoms with Crippen molar-refractivity contribution in [3.05, 3.63) is 89.5 Å². The standard InChI is InChI=1S/C22H22N2O3S/c1-3-17-7-4-5-10-21(17)24-28(26,27)20-9-6-8-18(15-20)22(25)23-19-13-11-16(2)12-14-19/h4-15,24H,3H2,1-2H3,(H,23,25). The summed E-state index contributed by atoms with van der Waals surface area (Å²) in [6.07, 6.45) is 0.706. The smallest absolute Gasteiger partial charge is 0.261 e. The van der Waals surface area contributed by atoms with Gasteiger partial charge in [0.2, 0.25) is 0 Å². The van der Waals surface area contributed by atoms with Gasteiger partial charge in [0, 0.05) is 11.3 Å². The van der Waals surface area contributed by atoms with Crippen molar-refractivity contribution in [2.75, 3.05) is 10.0 Å². The highest BCUT2D eigenvalue weighted by molar-refractivity contribution is 7.92. The van der Waals surface area contributed by atoms with Crippen LogP contribution >= 0.6 is 0 Å². The van der Waals surface area contributed by atoms with Gasteiger partial charge in [0.25, 0.3) is 15.9 Å². The Hall–Kier alpha value is -3.12. The molecular formula is C22H22N2O3S. The molecule has 0 saturated carbocycles. The molecular weight excluding hydrogens is 372 g/mol. The molecule has 0 bridgehead atoms. The zero-order valence-electron chi connectivity index (χ0n) is 15.8. The molecule has 3 aromatic rings. The third-order valence-corrected chi connectivity index (χ3v) is 5.72. The van der Waals surface area contributed by atoms with Gasteiger partial charge in [-0.2, -0.15) is 0 Å². The maximum Gasteiger partial charge on any atom is 0.261 e. The summed E-state index contributed by atoms with van der Waals surface area (Å²) >= 11 is 0. The molecule has 6 heteroatoms. The van der Waals surface area contributed by atoms with Crippen LogP contribution in [-0.4, -0.2) is 14.3 Å². The predicted octanol–water partition coefficient (Wildman–Crippen LogP) is 4.61. The predicted molar refractivity (Wildman–Crippen MR) is 112 cm³/mol. The van der Waals surface area contributed by atoms with E-state index in [1.165, 1.54) is 12.1 Å². The molecule has 2 N–H and O–H groups in total. The van der Waals surface area contributed by atoms with Crippen LogP contribution in [0.1, 0.15) is 28.4 Å². The third-order valence-electron chi connectivity index (χ3n) is 4.36. The van der Waals surface area contributed by atoms with Crippen LogP contribution in [0.25, 0.3) is 0 Å². The lowest BCUT2D eigenvalue weighted by Gasteiger charge is -2.12. The number of anilines is 2. The van der Waals surface area contributed by atoms with E-state index in [1.54, 1.807) is 36.4 Å². The van der Waals surface area contributed by atoms with Crippen LogP contribution in [0.2, 0.25) is 0 Å². The van der Waals surface area contributed by atoms with Crippen LogP contribution in [0.4, 0.5) is 11.4 Å². The van der Waals surface area contributed by atoms with Crippen LogP contribution in [0.5, 0.6) is 0 Å². The fraction of sp³-hybridized carbons (Fsp3) is 0.136. The third kappa shape index (κ3) is 4.58. The molecule has 5 nitrogen and oxygen atoms in total. The normalized spacial score (nSPS) is 11.1. The number of nitrogens with one attached hydrogen (secondary N) is 2. The Morgan fingerprint density at radius 2 is 1.64 bits per heavy atom. The van der Waals surface area contributed by atoms with Crippen molar-refractivity contribution >= 4 is 27.3 Å². The van der Waals surface area contributed by atoms with Crippen molar-refractivity contribution in [2.24, 2.45) is 0 Å². The molecule has 28 heavy (non-hydrogen) atoms. The lowest BCUT2D eigenvalue weighted by molar-refractivity contribution is 0.102. The fourth-order valence-electron chi connectivity index (χ4n) is 2.78. The second-order valence-corrected chi connectivity index (χ2v) is 8.15. The van der Waals surface area contributed by atoms with Crippen molar-refractivity contribution in [2.45, 2.75) is 25.2 Å². The van der Waals surface area contributed by atoms with Crippen LogP contribution in [0.15, 0.2) is 77.7 Å². The van der Waals surface area contributed by atoms with E-state index in [0.717, 1.165) is 11.1 Å². The van der Waals surface area contributed by atoms with Crippen LogP contribution in [0, 0.1) is 6.92 Å². The SMILES string of the molecule is CCc1ccccc1NS(=O)(=O)c1cccc(C(=O)Nc2ccc(C)cc2)c1. The van der Waals surface area contributed by atoms with Crippen molar-refractivity contribution in [1.82, 2.24) is 0 Å². The van der Waals surface area contributed by atoms with Crippen LogP contribution in [-0.2, 0) is 16.4 Å². The summed E-state index contributed by atoms with van der Waals surface area (Å²) in [7, 11) is -3.81. The summed E-state index contributed by atoms with van der Waals surface area (Å²) in [4.78, 5) is 12.5. The summed E-state index contributed by atoms with van der Waals surface area (Å²) in [6, 6.07) is 20.6. The van der Waals surface area contributed by atoms with Gasteiger partial charge in [-0.3, -0.25) is 9.52 Å².